The van der Waals surface area contributed by atoms with Crippen molar-refractivity contribution in [2.75, 3.05) is 31.9 Å². The second-order valence-electron chi connectivity index (χ2n) is 6.36. The summed E-state index contributed by atoms with van der Waals surface area (Å²) in [4.78, 5) is 15.7. The van der Waals surface area contributed by atoms with Crippen molar-refractivity contribution < 1.29 is 4.79 Å². The predicted molar refractivity (Wildman–Crippen MR) is 87.6 cm³/mol. The molecule has 1 amide bonds. The van der Waals surface area contributed by atoms with Crippen LogP contribution in [-0.2, 0) is 4.79 Å². The molecular formula is C17H24N2OS. The van der Waals surface area contributed by atoms with Gasteiger partial charge in [-0.3, -0.25) is 4.79 Å². The highest BCUT2D eigenvalue weighted by Crippen LogP contribution is 2.37. The lowest BCUT2D eigenvalue weighted by atomic mass is 9.78. The zero-order valence-electron chi connectivity index (χ0n) is 12.7. The number of nitrogens with one attached hydrogen (secondary N) is 1. The highest BCUT2D eigenvalue weighted by molar-refractivity contribution is 8.00. The fourth-order valence-corrected chi connectivity index (χ4v) is 4.33. The standard InChI is InChI=1S/C17H24N2OS/c1-14-4-2-3-5-15(14)21-12-16(20)19-10-7-17(8-11-19)6-9-18-13-17/h2-5,18H,6-13H2,1H3. The van der Waals surface area contributed by atoms with E-state index in [2.05, 4.69) is 29.3 Å². The number of amides is 1. The van der Waals surface area contributed by atoms with Gasteiger partial charge in [-0.1, -0.05) is 18.2 Å². The van der Waals surface area contributed by atoms with Gasteiger partial charge in [0, 0.05) is 24.5 Å². The third-order valence-corrected chi connectivity index (χ3v) is 6.11. The van der Waals surface area contributed by atoms with Crippen molar-refractivity contribution in [1.82, 2.24) is 10.2 Å². The number of likely N-dealkylation sites (tertiary alicyclic amines) is 1. The Balaban J connectivity index is 1.49. The van der Waals surface area contributed by atoms with Crippen LogP contribution in [0, 0.1) is 12.3 Å². The van der Waals surface area contributed by atoms with Gasteiger partial charge in [0.1, 0.15) is 0 Å². The Hall–Kier alpha value is -1.00. The van der Waals surface area contributed by atoms with E-state index in [0.29, 0.717) is 17.1 Å². The number of hydrogen-bond donors (Lipinski definition) is 1. The van der Waals surface area contributed by atoms with E-state index in [-0.39, 0.29) is 0 Å². The van der Waals surface area contributed by atoms with Crippen molar-refractivity contribution in [3.63, 3.8) is 0 Å². The van der Waals surface area contributed by atoms with E-state index in [9.17, 15) is 4.79 Å². The molecule has 0 aromatic heterocycles. The minimum Gasteiger partial charge on any atom is -0.342 e. The Morgan fingerprint density at radius 1 is 1.29 bits per heavy atom. The van der Waals surface area contributed by atoms with Gasteiger partial charge >= 0.3 is 0 Å². The van der Waals surface area contributed by atoms with Gasteiger partial charge in [-0.2, -0.15) is 0 Å². The summed E-state index contributed by atoms with van der Waals surface area (Å²) < 4.78 is 0. The first-order chi connectivity index (χ1) is 10.2. The first-order valence-corrected chi connectivity index (χ1v) is 8.84. The summed E-state index contributed by atoms with van der Waals surface area (Å²) in [7, 11) is 0. The molecule has 2 aliphatic heterocycles. The van der Waals surface area contributed by atoms with E-state index in [1.807, 2.05) is 12.1 Å². The molecule has 1 aromatic carbocycles. The summed E-state index contributed by atoms with van der Waals surface area (Å²) in [5, 5.41) is 3.47. The number of carbonyl (C=O) groups excluding carboxylic acids is 1. The van der Waals surface area contributed by atoms with E-state index in [1.54, 1.807) is 11.8 Å². The monoisotopic (exact) mass is 304 g/mol. The van der Waals surface area contributed by atoms with Crippen LogP contribution in [0.2, 0.25) is 0 Å². The average Bonchev–Trinajstić information content (AvgIpc) is 2.95. The fraction of sp³-hybridized carbons (Fsp3) is 0.588. The maximum absolute atomic E-state index is 12.4. The summed E-state index contributed by atoms with van der Waals surface area (Å²) in [5.74, 6) is 0.861. The highest BCUT2D eigenvalue weighted by Gasteiger charge is 2.37. The molecule has 114 valence electrons. The number of aryl methyl sites for hydroxylation is 1. The molecular weight excluding hydrogens is 280 g/mol. The molecule has 0 bridgehead atoms. The Morgan fingerprint density at radius 3 is 2.71 bits per heavy atom. The maximum Gasteiger partial charge on any atom is 0.232 e. The van der Waals surface area contributed by atoms with E-state index in [4.69, 9.17) is 0 Å². The van der Waals surface area contributed by atoms with Crippen molar-refractivity contribution >= 4 is 17.7 Å². The maximum atomic E-state index is 12.4. The third kappa shape index (κ3) is 3.43. The van der Waals surface area contributed by atoms with Gasteiger partial charge in [-0.15, -0.1) is 11.8 Å². The van der Waals surface area contributed by atoms with Crippen LogP contribution in [0.5, 0.6) is 0 Å². The minimum absolute atomic E-state index is 0.295. The number of benzene rings is 1. The van der Waals surface area contributed by atoms with Crippen molar-refractivity contribution in [3.8, 4) is 0 Å². The molecule has 0 aliphatic carbocycles. The molecule has 1 aromatic rings. The van der Waals surface area contributed by atoms with Crippen molar-refractivity contribution in [1.29, 1.82) is 0 Å². The number of thioether (sulfide) groups is 1. The molecule has 1 spiro atoms. The van der Waals surface area contributed by atoms with E-state index in [0.717, 1.165) is 26.2 Å². The lowest BCUT2D eigenvalue weighted by Gasteiger charge is -2.38. The predicted octanol–water partition coefficient (Wildman–Crippen LogP) is 2.69. The molecule has 0 unspecified atom stereocenters. The summed E-state index contributed by atoms with van der Waals surface area (Å²) in [6.07, 6.45) is 3.62. The van der Waals surface area contributed by atoms with Crippen LogP contribution in [0.25, 0.3) is 0 Å². The Kier molecular flexibility index (Phi) is 4.55. The van der Waals surface area contributed by atoms with Crippen molar-refractivity contribution in [2.45, 2.75) is 31.1 Å². The first-order valence-electron chi connectivity index (χ1n) is 7.86. The van der Waals surface area contributed by atoms with E-state index < -0.39 is 0 Å². The van der Waals surface area contributed by atoms with Gasteiger partial charge in [0.15, 0.2) is 0 Å². The molecule has 0 radical (unpaired) electrons. The summed E-state index contributed by atoms with van der Waals surface area (Å²) in [6.45, 7) is 6.28. The largest absolute Gasteiger partial charge is 0.342 e. The van der Waals surface area contributed by atoms with Gasteiger partial charge in [0.25, 0.3) is 0 Å². The molecule has 3 nitrogen and oxygen atoms in total. The molecule has 1 N–H and O–H groups in total. The number of rotatable bonds is 3. The molecule has 21 heavy (non-hydrogen) atoms. The molecule has 0 saturated carbocycles. The van der Waals surface area contributed by atoms with Crippen LogP contribution in [0.3, 0.4) is 0 Å². The summed E-state index contributed by atoms with van der Waals surface area (Å²) in [5.41, 5.74) is 1.74. The van der Waals surface area contributed by atoms with Crippen LogP contribution in [0.1, 0.15) is 24.8 Å². The van der Waals surface area contributed by atoms with Gasteiger partial charge < -0.3 is 10.2 Å². The quantitative estimate of drug-likeness (QED) is 0.872. The number of hydrogen-bond acceptors (Lipinski definition) is 3. The molecule has 2 aliphatic rings. The third-order valence-electron chi connectivity index (χ3n) is 4.95. The normalized spacial score (nSPS) is 20.9. The molecule has 2 heterocycles. The zero-order chi connectivity index (χ0) is 14.7. The molecule has 4 heteroatoms. The SMILES string of the molecule is Cc1ccccc1SCC(=O)N1CCC2(CCNC2)CC1. The van der Waals surface area contributed by atoms with Crippen LogP contribution in [0.4, 0.5) is 0 Å². The second-order valence-corrected chi connectivity index (χ2v) is 7.38. The van der Waals surface area contributed by atoms with Gasteiger partial charge in [-0.05, 0) is 49.8 Å². The number of nitrogens with zero attached hydrogens (tertiary/aromatic N) is 1. The van der Waals surface area contributed by atoms with Crippen molar-refractivity contribution in [3.05, 3.63) is 29.8 Å². The summed E-state index contributed by atoms with van der Waals surface area (Å²) >= 11 is 1.67. The second kappa shape index (κ2) is 6.41. The van der Waals surface area contributed by atoms with Crippen LogP contribution in [0.15, 0.2) is 29.2 Å². The van der Waals surface area contributed by atoms with Crippen LogP contribution >= 0.6 is 11.8 Å². The topological polar surface area (TPSA) is 32.3 Å². The zero-order valence-corrected chi connectivity index (χ0v) is 13.5. The fourth-order valence-electron chi connectivity index (χ4n) is 3.40. The summed E-state index contributed by atoms with van der Waals surface area (Å²) in [6, 6.07) is 8.28. The molecule has 2 saturated heterocycles. The number of carbonyl (C=O) groups is 1. The highest BCUT2D eigenvalue weighted by atomic mass is 32.2. The van der Waals surface area contributed by atoms with E-state index in [1.165, 1.54) is 29.7 Å². The Bertz CT molecular complexity index is 501. The van der Waals surface area contributed by atoms with Crippen LogP contribution in [-0.4, -0.2) is 42.7 Å². The van der Waals surface area contributed by atoms with Gasteiger partial charge in [0.05, 0.1) is 5.75 Å². The minimum atomic E-state index is 0.295. The van der Waals surface area contributed by atoms with E-state index >= 15 is 0 Å². The lowest BCUT2D eigenvalue weighted by Crippen LogP contribution is -2.44. The average molecular weight is 304 g/mol. The van der Waals surface area contributed by atoms with Gasteiger partial charge in [0.2, 0.25) is 5.91 Å². The van der Waals surface area contributed by atoms with Gasteiger partial charge in [-0.25, -0.2) is 0 Å². The smallest absolute Gasteiger partial charge is 0.232 e. The van der Waals surface area contributed by atoms with Crippen molar-refractivity contribution in [2.24, 2.45) is 5.41 Å². The molecule has 3 rings (SSSR count). The first kappa shape index (κ1) is 14.9. The Labute approximate surface area is 131 Å². The lowest BCUT2D eigenvalue weighted by molar-refractivity contribution is -0.130. The molecule has 2 fully saturated rings. The van der Waals surface area contributed by atoms with Crippen LogP contribution < -0.4 is 5.32 Å². The molecule has 0 atom stereocenters. The Morgan fingerprint density at radius 2 is 2.05 bits per heavy atom. The number of piperidine rings is 1.